The van der Waals surface area contributed by atoms with Crippen LogP contribution in [0.25, 0.3) is 0 Å². The minimum atomic E-state index is 0.299. The Morgan fingerprint density at radius 2 is 2.24 bits per heavy atom. The molecule has 1 unspecified atom stereocenters. The van der Waals surface area contributed by atoms with Gasteiger partial charge in [-0.25, -0.2) is 0 Å². The van der Waals surface area contributed by atoms with Gasteiger partial charge < -0.3 is 10.1 Å². The molecule has 0 spiro atoms. The first-order chi connectivity index (χ1) is 10.2. The van der Waals surface area contributed by atoms with Crippen LogP contribution in [-0.4, -0.2) is 22.5 Å². The average molecular weight is 326 g/mol. The van der Waals surface area contributed by atoms with Gasteiger partial charge in [-0.1, -0.05) is 29.3 Å². The standard InChI is InChI=1S/C15H17Cl2N3O/c16-14-4-3-11(6-15(14)17)7-18-12-8-19-20(9-12)10-13-2-1-5-21-13/h3-4,6,8-9,13,18H,1-2,5,7,10H2. The van der Waals surface area contributed by atoms with Crippen LogP contribution in [0.2, 0.25) is 10.0 Å². The van der Waals surface area contributed by atoms with Crippen molar-refractivity contribution < 1.29 is 4.74 Å². The Morgan fingerprint density at radius 1 is 1.33 bits per heavy atom. The zero-order valence-electron chi connectivity index (χ0n) is 11.6. The van der Waals surface area contributed by atoms with Crippen molar-refractivity contribution in [1.82, 2.24) is 9.78 Å². The number of nitrogens with one attached hydrogen (secondary N) is 1. The Kier molecular flexibility index (Phi) is 4.68. The van der Waals surface area contributed by atoms with E-state index >= 15 is 0 Å². The molecule has 1 atom stereocenters. The summed E-state index contributed by atoms with van der Waals surface area (Å²) in [7, 11) is 0. The van der Waals surface area contributed by atoms with Crippen molar-refractivity contribution in [3.63, 3.8) is 0 Å². The van der Waals surface area contributed by atoms with Gasteiger partial charge in [-0.2, -0.15) is 5.10 Å². The number of ether oxygens (including phenoxy) is 1. The topological polar surface area (TPSA) is 39.1 Å². The van der Waals surface area contributed by atoms with E-state index in [1.54, 1.807) is 0 Å². The minimum Gasteiger partial charge on any atom is -0.378 e. The van der Waals surface area contributed by atoms with Gasteiger partial charge in [0.05, 0.1) is 34.6 Å². The molecule has 1 aromatic heterocycles. The van der Waals surface area contributed by atoms with Gasteiger partial charge in [-0.15, -0.1) is 0 Å². The van der Waals surface area contributed by atoms with Crippen LogP contribution < -0.4 is 5.32 Å². The van der Waals surface area contributed by atoms with Gasteiger partial charge in [0, 0.05) is 19.3 Å². The van der Waals surface area contributed by atoms with Crippen molar-refractivity contribution >= 4 is 28.9 Å². The maximum atomic E-state index is 6.00. The van der Waals surface area contributed by atoms with Crippen molar-refractivity contribution in [3.05, 3.63) is 46.2 Å². The molecule has 21 heavy (non-hydrogen) atoms. The van der Waals surface area contributed by atoms with E-state index in [4.69, 9.17) is 27.9 Å². The largest absolute Gasteiger partial charge is 0.378 e. The fourth-order valence-corrected chi connectivity index (χ4v) is 2.73. The molecule has 0 radical (unpaired) electrons. The molecule has 1 fully saturated rings. The van der Waals surface area contributed by atoms with Gasteiger partial charge in [-0.3, -0.25) is 4.68 Å². The summed E-state index contributed by atoms with van der Waals surface area (Å²) in [5, 5.41) is 8.83. The maximum Gasteiger partial charge on any atom is 0.0771 e. The van der Waals surface area contributed by atoms with E-state index in [9.17, 15) is 0 Å². The Labute approximate surface area is 134 Å². The number of anilines is 1. The smallest absolute Gasteiger partial charge is 0.0771 e. The van der Waals surface area contributed by atoms with Crippen molar-refractivity contribution in [2.24, 2.45) is 0 Å². The second-order valence-corrected chi connectivity index (χ2v) is 6.00. The van der Waals surface area contributed by atoms with Crippen molar-refractivity contribution in [1.29, 1.82) is 0 Å². The Hall–Kier alpha value is -1.23. The highest BCUT2D eigenvalue weighted by Crippen LogP contribution is 2.23. The molecule has 1 saturated heterocycles. The van der Waals surface area contributed by atoms with Crippen LogP contribution >= 0.6 is 23.2 Å². The monoisotopic (exact) mass is 325 g/mol. The first-order valence-corrected chi connectivity index (χ1v) is 7.78. The van der Waals surface area contributed by atoms with E-state index in [-0.39, 0.29) is 0 Å². The third-order valence-corrected chi connectivity index (χ3v) is 4.27. The predicted molar refractivity (Wildman–Crippen MR) is 85.0 cm³/mol. The number of rotatable bonds is 5. The Balaban J connectivity index is 1.55. The van der Waals surface area contributed by atoms with Crippen LogP contribution in [0.1, 0.15) is 18.4 Å². The van der Waals surface area contributed by atoms with E-state index in [1.807, 2.05) is 35.3 Å². The van der Waals surface area contributed by atoms with E-state index < -0.39 is 0 Å². The zero-order chi connectivity index (χ0) is 14.7. The SMILES string of the molecule is Clc1ccc(CNc2cnn(CC3CCCO3)c2)cc1Cl. The lowest BCUT2D eigenvalue weighted by Gasteiger charge is -2.08. The normalized spacial score (nSPS) is 18.1. The number of benzene rings is 1. The quantitative estimate of drug-likeness (QED) is 0.903. The van der Waals surface area contributed by atoms with Crippen LogP contribution in [-0.2, 0) is 17.8 Å². The molecule has 2 aromatic rings. The summed E-state index contributed by atoms with van der Waals surface area (Å²) in [6.07, 6.45) is 6.39. The molecule has 2 heterocycles. The first kappa shape index (κ1) is 14.7. The minimum absolute atomic E-state index is 0.299. The molecule has 1 aliphatic heterocycles. The molecule has 4 nitrogen and oxygen atoms in total. The van der Waals surface area contributed by atoms with Crippen molar-refractivity contribution in [2.75, 3.05) is 11.9 Å². The zero-order valence-corrected chi connectivity index (χ0v) is 13.1. The van der Waals surface area contributed by atoms with E-state index in [1.165, 1.54) is 0 Å². The number of aromatic nitrogens is 2. The molecular formula is C15H17Cl2N3O. The highest BCUT2D eigenvalue weighted by atomic mass is 35.5. The molecule has 0 amide bonds. The third-order valence-electron chi connectivity index (χ3n) is 3.53. The molecule has 3 rings (SSSR count). The summed E-state index contributed by atoms with van der Waals surface area (Å²) in [4.78, 5) is 0. The number of hydrogen-bond acceptors (Lipinski definition) is 3. The van der Waals surface area contributed by atoms with Gasteiger partial charge >= 0.3 is 0 Å². The number of halogens is 2. The van der Waals surface area contributed by atoms with Gasteiger partial charge in [0.1, 0.15) is 0 Å². The summed E-state index contributed by atoms with van der Waals surface area (Å²) in [5.74, 6) is 0. The molecule has 1 aliphatic rings. The molecule has 112 valence electrons. The molecule has 1 N–H and O–H groups in total. The van der Waals surface area contributed by atoms with Gasteiger partial charge in [0.15, 0.2) is 0 Å². The second-order valence-electron chi connectivity index (χ2n) is 5.19. The van der Waals surface area contributed by atoms with E-state index in [2.05, 4.69) is 10.4 Å². The predicted octanol–water partition coefficient (Wildman–Crippen LogP) is 3.98. The average Bonchev–Trinajstić information content (AvgIpc) is 3.13. The van der Waals surface area contributed by atoms with Gasteiger partial charge in [0.2, 0.25) is 0 Å². The molecule has 0 aliphatic carbocycles. The van der Waals surface area contributed by atoms with Crippen LogP contribution in [0.15, 0.2) is 30.6 Å². The Bertz CT molecular complexity index is 609. The summed E-state index contributed by atoms with van der Waals surface area (Å²) < 4.78 is 7.54. The van der Waals surface area contributed by atoms with Crippen LogP contribution in [0.5, 0.6) is 0 Å². The fraction of sp³-hybridized carbons (Fsp3) is 0.400. The van der Waals surface area contributed by atoms with E-state index in [0.29, 0.717) is 22.7 Å². The number of nitrogens with zero attached hydrogens (tertiary/aromatic N) is 2. The van der Waals surface area contributed by atoms with E-state index in [0.717, 1.165) is 37.2 Å². The fourth-order valence-electron chi connectivity index (χ4n) is 2.41. The van der Waals surface area contributed by atoms with Gasteiger partial charge in [-0.05, 0) is 30.5 Å². The molecule has 0 bridgehead atoms. The lowest BCUT2D eigenvalue weighted by atomic mass is 10.2. The summed E-state index contributed by atoms with van der Waals surface area (Å²) >= 11 is 11.9. The lowest BCUT2D eigenvalue weighted by molar-refractivity contribution is 0.0940. The molecule has 6 heteroatoms. The molecule has 0 saturated carbocycles. The maximum absolute atomic E-state index is 6.00. The molecule has 1 aromatic carbocycles. The summed E-state index contributed by atoms with van der Waals surface area (Å²) in [6.45, 7) is 2.37. The number of hydrogen-bond donors (Lipinski definition) is 1. The van der Waals surface area contributed by atoms with Crippen molar-refractivity contribution in [3.8, 4) is 0 Å². The second kappa shape index (κ2) is 6.69. The summed E-state index contributed by atoms with van der Waals surface area (Å²) in [5.41, 5.74) is 2.07. The van der Waals surface area contributed by atoms with Crippen LogP contribution in [0.3, 0.4) is 0 Å². The van der Waals surface area contributed by atoms with Crippen LogP contribution in [0.4, 0.5) is 5.69 Å². The highest BCUT2D eigenvalue weighted by Gasteiger charge is 2.16. The summed E-state index contributed by atoms with van der Waals surface area (Å²) in [6, 6.07) is 5.63. The lowest BCUT2D eigenvalue weighted by Crippen LogP contribution is -2.15. The highest BCUT2D eigenvalue weighted by molar-refractivity contribution is 6.42. The Morgan fingerprint density at radius 3 is 3.00 bits per heavy atom. The van der Waals surface area contributed by atoms with Gasteiger partial charge in [0.25, 0.3) is 0 Å². The first-order valence-electron chi connectivity index (χ1n) is 7.02. The third kappa shape index (κ3) is 3.90. The molecular weight excluding hydrogens is 309 g/mol. The van der Waals surface area contributed by atoms with Crippen LogP contribution in [0, 0.1) is 0 Å². The van der Waals surface area contributed by atoms with Crippen molar-refractivity contribution in [2.45, 2.75) is 32.0 Å².